The SMILES string of the molecule is CCCNC(=O)[C@H](C)Oc1ccc(C(=O)OC)cc1[N+](=O)[O-]. The Labute approximate surface area is 127 Å². The van der Waals surface area contributed by atoms with Crippen molar-refractivity contribution < 1.29 is 24.0 Å². The molecule has 0 fully saturated rings. The molecule has 1 rings (SSSR count). The van der Waals surface area contributed by atoms with Gasteiger partial charge in [-0.25, -0.2) is 4.79 Å². The molecule has 8 nitrogen and oxygen atoms in total. The van der Waals surface area contributed by atoms with Crippen molar-refractivity contribution in [1.82, 2.24) is 5.32 Å². The zero-order valence-corrected chi connectivity index (χ0v) is 12.6. The number of benzene rings is 1. The molecular weight excluding hydrogens is 292 g/mol. The number of hydrogen-bond acceptors (Lipinski definition) is 6. The van der Waals surface area contributed by atoms with Crippen LogP contribution in [0.4, 0.5) is 5.69 Å². The number of nitrogens with one attached hydrogen (secondary N) is 1. The molecule has 0 heterocycles. The quantitative estimate of drug-likeness (QED) is 0.466. The third-order valence-corrected chi connectivity index (χ3v) is 2.80. The Bertz CT molecular complexity index is 572. The number of esters is 1. The lowest BCUT2D eigenvalue weighted by Gasteiger charge is -2.14. The first kappa shape index (κ1) is 17.4. The number of nitrogens with zero attached hydrogens (tertiary/aromatic N) is 1. The van der Waals surface area contributed by atoms with Gasteiger partial charge in [0.1, 0.15) is 0 Å². The largest absolute Gasteiger partial charge is 0.474 e. The summed E-state index contributed by atoms with van der Waals surface area (Å²) in [7, 11) is 1.18. The molecule has 1 aromatic carbocycles. The van der Waals surface area contributed by atoms with E-state index in [1.165, 1.54) is 26.2 Å². The Kier molecular flexibility index (Phi) is 6.30. The average molecular weight is 310 g/mol. The highest BCUT2D eigenvalue weighted by atomic mass is 16.6. The maximum atomic E-state index is 11.7. The topological polar surface area (TPSA) is 108 Å². The summed E-state index contributed by atoms with van der Waals surface area (Å²) in [6.07, 6.45) is -0.124. The molecule has 0 radical (unpaired) electrons. The van der Waals surface area contributed by atoms with Gasteiger partial charge in [0, 0.05) is 12.6 Å². The average Bonchev–Trinajstić information content (AvgIpc) is 2.51. The van der Waals surface area contributed by atoms with Gasteiger partial charge in [0.2, 0.25) is 0 Å². The minimum absolute atomic E-state index is 0.0321. The molecule has 1 aromatic rings. The van der Waals surface area contributed by atoms with E-state index in [1.54, 1.807) is 0 Å². The summed E-state index contributed by atoms with van der Waals surface area (Å²) in [5.74, 6) is -1.15. The number of carbonyl (C=O) groups is 2. The summed E-state index contributed by atoms with van der Waals surface area (Å²) in [4.78, 5) is 33.5. The van der Waals surface area contributed by atoms with E-state index in [2.05, 4.69) is 10.1 Å². The molecule has 1 N–H and O–H groups in total. The summed E-state index contributed by atoms with van der Waals surface area (Å²) < 4.78 is 9.84. The van der Waals surface area contributed by atoms with Crippen LogP contribution in [0.5, 0.6) is 5.75 Å². The number of rotatable bonds is 7. The molecule has 0 aliphatic rings. The van der Waals surface area contributed by atoms with E-state index < -0.39 is 22.7 Å². The lowest BCUT2D eigenvalue weighted by molar-refractivity contribution is -0.386. The van der Waals surface area contributed by atoms with E-state index in [1.807, 2.05) is 6.92 Å². The van der Waals surface area contributed by atoms with Crippen LogP contribution < -0.4 is 10.1 Å². The second-order valence-corrected chi connectivity index (χ2v) is 4.48. The summed E-state index contributed by atoms with van der Waals surface area (Å²) >= 11 is 0. The molecule has 0 unspecified atom stereocenters. The first-order valence-electron chi connectivity index (χ1n) is 6.71. The van der Waals surface area contributed by atoms with Crippen LogP contribution in [0.2, 0.25) is 0 Å². The summed E-state index contributed by atoms with van der Waals surface area (Å²) in [6, 6.07) is 3.66. The lowest BCUT2D eigenvalue weighted by Crippen LogP contribution is -2.36. The van der Waals surface area contributed by atoms with Crippen LogP contribution in [0, 0.1) is 10.1 Å². The van der Waals surface area contributed by atoms with Gasteiger partial charge < -0.3 is 14.8 Å². The molecule has 8 heteroatoms. The van der Waals surface area contributed by atoms with Gasteiger partial charge >= 0.3 is 11.7 Å². The molecule has 120 valence electrons. The number of carbonyl (C=O) groups excluding carboxylic acids is 2. The second kappa shape index (κ2) is 7.96. The first-order chi connectivity index (χ1) is 10.4. The van der Waals surface area contributed by atoms with Crippen molar-refractivity contribution in [1.29, 1.82) is 0 Å². The molecule has 0 aliphatic heterocycles. The van der Waals surface area contributed by atoms with Gasteiger partial charge in [0.15, 0.2) is 11.9 Å². The summed E-state index contributed by atoms with van der Waals surface area (Å²) in [5, 5.41) is 13.7. The van der Waals surface area contributed by atoms with Gasteiger partial charge in [-0.05, 0) is 25.5 Å². The second-order valence-electron chi connectivity index (χ2n) is 4.48. The highest BCUT2D eigenvalue weighted by molar-refractivity contribution is 5.90. The Morgan fingerprint density at radius 3 is 2.64 bits per heavy atom. The van der Waals surface area contributed by atoms with Crippen molar-refractivity contribution in [2.24, 2.45) is 0 Å². The zero-order chi connectivity index (χ0) is 16.7. The van der Waals surface area contributed by atoms with E-state index >= 15 is 0 Å². The standard InChI is InChI=1S/C14H18N2O6/c1-4-7-15-13(17)9(2)22-12-6-5-10(14(18)21-3)8-11(12)16(19)20/h5-6,8-9H,4,7H2,1-3H3,(H,15,17)/t9-/m0/s1. The Morgan fingerprint density at radius 1 is 1.41 bits per heavy atom. The van der Waals surface area contributed by atoms with E-state index in [-0.39, 0.29) is 17.2 Å². The zero-order valence-electron chi connectivity index (χ0n) is 12.6. The van der Waals surface area contributed by atoms with Crippen molar-refractivity contribution in [3.8, 4) is 5.75 Å². The van der Waals surface area contributed by atoms with Crippen molar-refractivity contribution in [3.05, 3.63) is 33.9 Å². The Morgan fingerprint density at radius 2 is 2.09 bits per heavy atom. The predicted octanol–water partition coefficient (Wildman–Crippen LogP) is 1.67. The fourth-order valence-electron chi connectivity index (χ4n) is 1.64. The number of nitro benzene ring substituents is 1. The number of nitro groups is 1. The van der Waals surface area contributed by atoms with Crippen LogP contribution in [-0.4, -0.2) is 36.6 Å². The fraction of sp³-hybridized carbons (Fsp3) is 0.429. The van der Waals surface area contributed by atoms with Gasteiger partial charge in [0.25, 0.3) is 5.91 Å². The normalized spacial score (nSPS) is 11.4. The monoisotopic (exact) mass is 310 g/mol. The molecule has 1 atom stereocenters. The molecule has 0 aliphatic carbocycles. The van der Waals surface area contributed by atoms with E-state index in [4.69, 9.17) is 4.74 Å². The van der Waals surface area contributed by atoms with Gasteiger partial charge in [-0.3, -0.25) is 14.9 Å². The Balaban J connectivity index is 2.97. The lowest BCUT2D eigenvalue weighted by atomic mass is 10.2. The minimum Gasteiger partial charge on any atom is -0.474 e. The Hall–Kier alpha value is -2.64. The highest BCUT2D eigenvalue weighted by Crippen LogP contribution is 2.29. The van der Waals surface area contributed by atoms with Crippen molar-refractivity contribution >= 4 is 17.6 Å². The molecular formula is C14H18N2O6. The van der Waals surface area contributed by atoms with Crippen LogP contribution in [0.3, 0.4) is 0 Å². The number of ether oxygens (including phenoxy) is 2. The maximum Gasteiger partial charge on any atom is 0.338 e. The van der Waals surface area contributed by atoms with E-state index in [0.29, 0.717) is 6.54 Å². The third kappa shape index (κ3) is 4.44. The number of amides is 1. The van der Waals surface area contributed by atoms with Crippen LogP contribution in [0.15, 0.2) is 18.2 Å². The molecule has 1 amide bonds. The summed E-state index contributed by atoms with van der Waals surface area (Å²) in [5.41, 5.74) is -0.373. The third-order valence-electron chi connectivity index (χ3n) is 2.80. The van der Waals surface area contributed by atoms with Gasteiger partial charge in [-0.1, -0.05) is 6.92 Å². The molecule has 22 heavy (non-hydrogen) atoms. The van der Waals surface area contributed by atoms with Gasteiger partial charge in [-0.2, -0.15) is 0 Å². The predicted molar refractivity (Wildman–Crippen MR) is 77.8 cm³/mol. The summed E-state index contributed by atoms with van der Waals surface area (Å²) in [6.45, 7) is 3.89. The van der Waals surface area contributed by atoms with E-state index in [0.717, 1.165) is 12.5 Å². The van der Waals surface area contributed by atoms with Crippen LogP contribution in [-0.2, 0) is 9.53 Å². The van der Waals surface area contributed by atoms with Gasteiger partial charge in [0.05, 0.1) is 17.6 Å². The van der Waals surface area contributed by atoms with Crippen molar-refractivity contribution in [3.63, 3.8) is 0 Å². The van der Waals surface area contributed by atoms with Crippen LogP contribution in [0.25, 0.3) is 0 Å². The van der Waals surface area contributed by atoms with Gasteiger partial charge in [-0.15, -0.1) is 0 Å². The molecule has 0 saturated heterocycles. The molecule has 0 aromatic heterocycles. The van der Waals surface area contributed by atoms with Crippen molar-refractivity contribution in [2.45, 2.75) is 26.4 Å². The smallest absolute Gasteiger partial charge is 0.338 e. The molecule has 0 saturated carbocycles. The van der Waals surface area contributed by atoms with Crippen LogP contribution >= 0.6 is 0 Å². The molecule has 0 spiro atoms. The van der Waals surface area contributed by atoms with Crippen LogP contribution in [0.1, 0.15) is 30.6 Å². The minimum atomic E-state index is -0.894. The number of hydrogen-bond donors (Lipinski definition) is 1. The first-order valence-corrected chi connectivity index (χ1v) is 6.71. The molecule has 0 bridgehead atoms. The maximum absolute atomic E-state index is 11.7. The highest BCUT2D eigenvalue weighted by Gasteiger charge is 2.23. The fourth-order valence-corrected chi connectivity index (χ4v) is 1.64. The van der Waals surface area contributed by atoms with E-state index in [9.17, 15) is 19.7 Å². The number of methoxy groups -OCH3 is 1. The van der Waals surface area contributed by atoms with Crippen molar-refractivity contribution in [2.75, 3.05) is 13.7 Å².